The van der Waals surface area contributed by atoms with E-state index in [2.05, 4.69) is 27.0 Å². The highest BCUT2D eigenvalue weighted by molar-refractivity contribution is 6.42. The van der Waals surface area contributed by atoms with E-state index in [1.165, 1.54) is 11.1 Å². The van der Waals surface area contributed by atoms with Gasteiger partial charge in [-0.25, -0.2) is 0 Å². The van der Waals surface area contributed by atoms with Crippen molar-refractivity contribution in [1.82, 2.24) is 15.2 Å². The van der Waals surface area contributed by atoms with Gasteiger partial charge in [-0.05, 0) is 25.6 Å². The van der Waals surface area contributed by atoms with Crippen LogP contribution in [0.5, 0.6) is 0 Å². The van der Waals surface area contributed by atoms with Gasteiger partial charge in [-0.3, -0.25) is 25.1 Å². The second-order valence-corrected chi connectivity index (χ2v) is 6.89. The Morgan fingerprint density at radius 3 is 2.96 bits per heavy atom. The maximum Gasteiger partial charge on any atom is 0.256 e. The van der Waals surface area contributed by atoms with Crippen molar-refractivity contribution in [3.8, 4) is 0 Å². The average molecular weight is 404 g/mol. The number of allylic oxidation sites excluding steroid dienone is 1. The van der Waals surface area contributed by atoms with Gasteiger partial charge in [-0.2, -0.15) is 0 Å². The van der Waals surface area contributed by atoms with E-state index in [1.54, 1.807) is 12.3 Å². The third-order valence-electron chi connectivity index (χ3n) is 4.68. The van der Waals surface area contributed by atoms with Gasteiger partial charge in [0.2, 0.25) is 0 Å². The van der Waals surface area contributed by atoms with Crippen LogP contribution in [0.2, 0.25) is 0 Å². The normalized spacial score (nSPS) is 18.3. The molecule has 2 aliphatic heterocycles. The SMILES string of the molecule is C=N/C(=C(/Cl)C=NCNC1CCOCC1)c1cnc2c(c1)C(=O)N(CC=O)C2. The minimum Gasteiger partial charge on any atom is -0.381 e. The number of fused-ring (bicyclic) bond motifs is 1. The molecule has 2 aliphatic rings. The molecule has 0 spiro atoms. The predicted molar refractivity (Wildman–Crippen MR) is 108 cm³/mol. The summed E-state index contributed by atoms with van der Waals surface area (Å²) in [5.74, 6) is -0.231. The molecule has 8 nitrogen and oxygen atoms in total. The number of hydrogen-bond acceptors (Lipinski definition) is 7. The summed E-state index contributed by atoms with van der Waals surface area (Å²) in [6.45, 7) is 5.89. The number of carbonyl (C=O) groups excluding carboxylic acids is 2. The maximum absolute atomic E-state index is 12.4. The number of amides is 1. The van der Waals surface area contributed by atoms with Crippen LogP contribution in [0.25, 0.3) is 5.70 Å². The topological polar surface area (TPSA) is 96.2 Å². The van der Waals surface area contributed by atoms with E-state index in [4.69, 9.17) is 16.3 Å². The van der Waals surface area contributed by atoms with Crippen molar-refractivity contribution in [2.45, 2.75) is 25.4 Å². The van der Waals surface area contributed by atoms with Gasteiger partial charge in [0.25, 0.3) is 5.91 Å². The number of halogens is 1. The molecule has 148 valence electrons. The lowest BCUT2D eigenvalue weighted by Gasteiger charge is -2.22. The molecular weight excluding hydrogens is 382 g/mol. The number of rotatable bonds is 8. The summed E-state index contributed by atoms with van der Waals surface area (Å²) < 4.78 is 5.32. The fraction of sp³-hybridized carbons (Fsp3) is 0.421. The minimum absolute atomic E-state index is 0.0421. The molecule has 0 radical (unpaired) electrons. The molecule has 3 heterocycles. The van der Waals surface area contributed by atoms with Crippen molar-refractivity contribution < 1.29 is 14.3 Å². The highest BCUT2D eigenvalue weighted by Gasteiger charge is 2.28. The first-order valence-corrected chi connectivity index (χ1v) is 9.41. The van der Waals surface area contributed by atoms with Crippen molar-refractivity contribution in [1.29, 1.82) is 0 Å². The fourth-order valence-electron chi connectivity index (χ4n) is 3.17. The summed E-state index contributed by atoms with van der Waals surface area (Å²) in [6.07, 6.45) is 5.74. The first-order valence-electron chi connectivity index (χ1n) is 9.03. The average Bonchev–Trinajstić information content (AvgIpc) is 3.02. The van der Waals surface area contributed by atoms with Crippen molar-refractivity contribution >= 4 is 42.4 Å². The van der Waals surface area contributed by atoms with Crippen LogP contribution in [-0.4, -0.2) is 67.5 Å². The van der Waals surface area contributed by atoms with Crippen LogP contribution in [0.1, 0.15) is 34.5 Å². The van der Waals surface area contributed by atoms with Crippen LogP contribution in [0.15, 0.2) is 27.3 Å². The molecule has 1 aromatic rings. The molecule has 0 saturated carbocycles. The monoisotopic (exact) mass is 403 g/mol. The van der Waals surface area contributed by atoms with Gasteiger partial charge in [0.1, 0.15) is 6.29 Å². The Morgan fingerprint density at radius 1 is 1.46 bits per heavy atom. The number of pyridine rings is 1. The molecule has 1 N–H and O–H groups in total. The van der Waals surface area contributed by atoms with Crippen molar-refractivity contribution in [3.63, 3.8) is 0 Å². The smallest absolute Gasteiger partial charge is 0.256 e. The zero-order valence-electron chi connectivity index (χ0n) is 15.4. The lowest BCUT2D eigenvalue weighted by molar-refractivity contribution is -0.108. The zero-order chi connectivity index (χ0) is 19.9. The van der Waals surface area contributed by atoms with E-state index in [0.29, 0.717) is 53.1 Å². The second kappa shape index (κ2) is 9.68. The fourth-order valence-corrected chi connectivity index (χ4v) is 3.41. The number of hydrogen-bond donors (Lipinski definition) is 1. The molecule has 1 fully saturated rings. The molecule has 1 amide bonds. The Balaban J connectivity index is 1.70. The van der Waals surface area contributed by atoms with Crippen LogP contribution in [0, 0.1) is 0 Å². The number of aromatic nitrogens is 1. The highest BCUT2D eigenvalue weighted by atomic mass is 35.5. The van der Waals surface area contributed by atoms with Gasteiger partial charge < -0.3 is 14.4 Å². The third-order valence-corrected chi connectivity index (χ3v) is 4.95. The van der Waals surface area contributed by atoms with Crippen LogP contribution >= 0.6 is 11.6 Å². The maximum atomic E-state index is 12.4. The van der Waals surface area contributed by atoms with Gasteiger partial charge in [-0.1, -0.05) is 11.6 Å². The molecule has 28 heavy (non-hydrogen) atoms. The number of aliphatic imine (C=N–C) groups is 2. The molecule has 0 atom stereocenters. The number of ether oxygens (including phenoxy) is 1. The number of nitrogens with one attached hydrogen (secondary N) is 1. The molecule has 0 aliphatic carbocycles. The van der Waals surface area contributed by atoms with Gasteiger partial charge in [0.05, 0.1) is 41.7 Å². The molecule has 1 aromatic heterocycles. The molecule has 1 saturated heterocycles. The zero-order valence-corrected chi connectivity index (χ0v) is 16.2. The van der Waals surface area contributed by atoms with Gasteiger partial charge in [-0.15, -0.1) is 0 Å². The van der Waals surface area contributed by atoms with Crippen LogP contribution in [0.4, 0.5) is 0 Å². The Labute approximate surface area is 168 Å². The quantitative estimate of drug-likeness (QED) is 0.525. The van der Waals surface area contributed by atoms with E-state index in [9.17, 15) is 9.59 Å². The summed E-state index contributed by atoms with van der Waals surface area (Å²) in [6, 6.07) is 2.07. The van der Waals surface area contributed by atoms with Gasteiger partial charge in [0, 0.05) is 37.2 Å². The van der Waals surface area contributed by atoms with Crippen molar-refractivity contribution in [2.24, 2.45) is 9.98 Å². The van der Waals surface area contributed by atoms with Gasteiger partial charge in [0.15, 0.2) is 0 Å². The molecule has 0 aromatic carbocycles. The first-order chi connectivity index (χ1) is 13.6. The highest BCUT2D eigenvalue weighted by Crippen LogP contribution is 2.27. The summed E-state index contributed by atoms with van der Waals surface area (Å²) in [5.41, 5.74) is 2.05. The van der Waals surface area contributed by atoms with E-state index in [-0.39, 0.29) is 12.5 Å². The molecule has 9 heteroatoms. The van der Waals surface area contributed by atoms with E-state index < -0.39 is 0 Å². The molecule has 3 rings (SSSR count). The third kappa shape index (κ3) is 4.70. The van der Waals surface area contributed by atoms with E-state index >= 15 is 0 Å². The minimum atomic E-state index is -0.231. The lowest BCUT2D eigenvalue weighted by Crippen LogP contribution is -2.34. The van der Waals surface area contributed by atoms with Gasteiger partial charge >= 0.3 is 0 Å². The largest absolute Gasteiger partial charge is 0.381 e. The van der Waals surface area contributed by atoms with Crippen LogP contribution in [0.3, 0.4) is 0 Å². The molecular formula is C19H22ClN5O3. The summed E-state index contributed by atoms with van der Waals surface area (Å²) in [5, 5.41) is 3.64. The molecule has 0 unspecified atom stereocenters. The number of nitrogens with zero attached hydrogens (tertiary/aromatic N) is 4. The Hall–Kier alpha value is -2.42. The number of carbonyl (C=O) groups is 2. The van der Waals surface area contributed by atoms with Crippen molar-refractivity contribution in [2.75, 3.05) is 26.4 Å². The standard InChI is InChI=1S/C19H22ClN5O3/c1-21-18(16(20)10-22-12-24-14-2-6-28-7-3-14)13-8-15-17(23-9-13)11-25(4-5-26)19(15)27/h5,8-10,14,24H,1-4,6-7,11-12H2/b18-16+,22-10?. The van der Waals surface area contributed by atoms with Crippen LogP contribution < -0.4 is 5.32 Å². The first kappa shape index (κ1) is 20.3. The Morgan fingerprint density at radius 2 is 2.25 bits per heavy atom. The predicted octanol–water partition coefficient (Wildman–Crippen LogP) is 1.64. The Kier molecular flexibility index (Phi) is 7.02. The number of aldehydes is 1. The molecule has 0 bridgehead atoms. The van der Waals surface area contributed by atoms with Crippen LogP contribution in [-0.2, 0) is 16.1 Å². The Bertz CT molecular complexity index is 818. The van der Waals surface area contributed by atoms with E-state index in [0.717, 1.165) is 26.1 Å². The van der Waals surface area contributed by atoms with Crippen molar-refractivity contribution in [3.05, 3.63) is 34.1 Å². The summed E-state index contributed by atoms with van der Waals surface area (Å²) >= 11 is 6.35. The van der Waals surface area contributed by atoms with E-state index in [1.807, 2.05) is 0 Å². The summed E-state index contributed by atoms with van der Waals surface area (Å²) in [4.78, 5) is 37.1. The lowest BCUT2D eigenvalue weighted by atomic mass is 10.1. The summed E-state index contributed by atoms with van der Waals surface area (Å²) in [7, 11) is 0. The second-order valence-electron chi connectivity index (χ2n) is 6.49.